The number of carboxylic acids is 2. The molecule has 2 rings (SSSR count). The van der Waals surface area contributed by atoms with Crippen molar-refractivity contribution in [1.29, 1.82) is 0 Å². The molecule has 12 N–H and O–H groups in total. The van der Waals surface area contributed by atoms with Crippen molar-refractivity contribution in [3.8, 4) is 0 Å². The van der Waals surface area contributed by atoms with E-state index >= 15 is 0 Å². The number of nitrogens with one attached hydrogen (secondary N) is 6. The Morgan fingerprint density at radius 2 is 1.47 bits per heavy atom. The smallest absolute Gasteiger partial charge is 0.326 e. The summed E-state index contributed by atoms with van der Waals surface area (Å²) in [6.07, 6.45) is 3.61. The lowest BCUT2D eigenvalue weighted by molar-refractivity contribution is -0.143. The third kappa shape index (κ3) is 20.2. The van der Waals surface area contributed by atoms with Crippen LogP contribution in [-0.4, -0.2) is 137 Å². The molecule has 7 amide bonds. The normalized spacial score (nSPS) is 24.3. The van der Waals surface area contributed by atoms with Crippen molar-refractivity contribution in [2.75, 3.05) is 20.7 Å². The van der Waals surface area contributed by atoms with Crippen LogP contribution in [0.3, 0.4) is 0 Å². The summed E-state index contributed by atoms with van der Waals surface area (Å²) >= 11 is 0. The van der Waals surface area contributed by atoms with Crippen LogP contribution >= 0.6 is 0 Å². The van der Waals surface area contributed by atoms with Gasteiger partial charge in [0, 0.05) is 33.0 Å². The molecule has 1 aliphatic heterocycles. The number of carbonyl (C=O) groups is 9. The van der Waals surface area contributed by atoms with Crippen molar-refractivity contribution in [3.05, 3.63) is 72.0 Å². The first-order valence-corrected chi connectivity index (χ1v) is 23.1. The Kier molecular flexibility index (Phi) is 24.5. The van der Waals surface area contributed by atoms with E-state index in [1.165, 1.54) is 27.0 Å². The van der Waals surface area contributed by atoms with Crippen LogP contribution in [0, 0.1) is 17.8 Å². The molecule has 0 saturated carbocycles. The molecule has 0 spiro atoms. The van der Waals surface area contributed by atoms with Crippen molar-refractivity contribution in [1.82, 2.24) is 36.8 Å². The summed E-state index contributed by atoms with van der Waals surface area (Å²) in [5, 5.41) is 35.0. The monoisotopic (exact) mass is 981 g/mol. The molecule has 0 aliphatic carbocycles. The van der Waals surface area contributed by atoms with E-state index in [0.29, 0.717) is 12.0 Å². The highest BCUT2D eigenvalue weighted by molar-refractivity contribution is 6.00. The van der Waals surface area contributed by atoms with Crippen molar-refractivity contribution >= 4 is 59.2 Å². The molecule has 1 heterocycles. The molecular weight excluding hydrogens is 909 g/mol. The average molecular weight is 981 g/mol. The second-order valence-corrected chi connectivity index (χ2v) is 17.8. The number of likely N-dealkylation sites (N-methyl/N-ethyl adjacent to an activating group) is 1. The minimum Gasteiger partial charge on any atom is -0.481 e. The molecule has 22 heteroatoms. The zero-order chi connectivity index (χ0) is 52.8. The highest BCUT2D eigenvalue weighted by Gasteiger charge is 2.35. The minimum absolute atomic E-state index is 0.00561. The summed E-state index contributed by atoms with van der Waals surface area (Å²) < 4.78 is 5.81. The topological polar surface area (TPSA) is 343 Å². The van der Waals surface area contributed by atoms with E-state index in [1.54, 1.807) is 34.0 Å². The fraction of sp³-hybridized carbons (Fsp3) is 0.542. The lowest BCUT2D eigenvalue weighted by Gasteiger charge is -2.28. The first-order chi connectivity index (χ1) is 32.8. The maximum atomic E-state index is 14.4. The standard InChI is InChI=1S/C48H72N10O12/c1-26(2)22-36-45(66)57-37(25-40(60)61)46(67)54-34(16-13-21-51-48(49)50)44(65)53-33(18-17-27(3)23-28(4)38(70-9)24-32-14-11-10-12-15-32)29(5)41(62)55-35(47(68)69)19-20-39(59)58(8)31(7)43(64)52-30(6)42(63)56-36/h10-12,14-15,17-18,23,26,28-30,33-38H,7,13,16,19-22,24-25H2,1-6,8-9H3,(H,52,64)(H,53,65)(H,54,67)(H,55,62)(H,56,63)(H,57,66)(H,60,61)(H,68,69)(H4,49,50,51)/b18-17+,27-23+/t28-,29-,30+,33?,34-,35+,36-,37?,38-/m0/s1. The zero-order valence-corrected chi connectivity index (χ0v) is 41.3. The number of rotatable bonds is 16. The maximum absolute atomic E-state index is 14.4. The Balaban J connectivity index is 2.74. The van der Waals surface area contributed by atoms with Crippen LogP contribution < -0.4 is 43.4 Å². The van der Waals surface area contributed by atoms with Crippen molar-refractivity contribution in [2.24, 2.45) is 34.2 Å². The second-order valence-electron chi connectivity index (χ2n) is 17.8. The Morgan fingerprint density at radius 1 is 0.871 bits per heavy atom. The third-order valence-corrected chi connectivity index (χ3v) is 11.5. The summed E-state index contributed by atoms with van der Waals surface area (Å²) in [6, 6.07) is 1.03. The summed E-state index contributed by atoms with van der Waals surface area (Å²) in [5.74, 6) is -11.1. The predicted molar refractivity (Wildman–Crippen MR) is 260 cm³/mol. The molecule has 1 saturated heterocycles. The molecule has 0 radical (unpaired) electrons. The number of hydrogen-bond acceptors (Lipinski definition) is 11. The van der Waals surface area contributed by atoms with E-state index in [9.17, 15) is 53.4 Å². The largest absolute Gasteiger partial charge is 0.481 e. The average Bonchev–Trinajstić information content (AvgIpc) is 3.29. The van der Waals surface area contributed by atoms with E-state index in [2.05, 4.69) is 43.5 Å². The van der Waals surface area contributed by atoms with Crippen molar-refractivity contribution in [2.45, 2.75) is 129 Å². The molecule has 1 aliphatic rings. The molecule has 1 fully saturated rings. The maximum Gasteiger partial charge on any atom is 0.326 e. The van der Waals surface area contributed by atoms with E-state index in [0.717, 1.165) is 10.5 Å². The molecule has 2 unspecified atom stereocenters. The van der Waals surface area contributed by atoms with Crippen LogP contribution in [0.5, 0.6) is 0 Å². The van der Waals surface area contributed by atoms with Gasteiger partial charge in [0.15, 0.2) is 5.96 Å². The van der Waals surface area contributed by atoms with Crippen LogP contribution in [-0.2, 0) is 54.3 Å². The predicted octanol–water partition coefficient (Wildman–Crippen LogP) is 0.372. The molecule has 22 nitrogen and oxygen atoms in total. The number of nitrogens with zero attached hydrogens (tertiary/aromatic N) is 2. The number of amides is 7. The highest BCUT2D eigenvalue weighted by Crippen LogP contribution is 2.19. The van der Waals surface area contributed by atoms with Crippen molar-refractivity contribution < 1.29 is 58.1 Å². The SMILES string of the molecule is C=C1C(=O)N[C@H](C)C(=O)N[C@@H](CC(C)C)C(=O)NC(CC(=O)O)C(=O)N[C@@H](CCCN=C(N)N)C(=O)NC(/C=C/C(C)=C/[C@H](C)[C@H](Cc2ccccc2)OC)[C@H](C)C(=O)N[C@@H](C(=O)O)CCC(=O)N1C. The number of benzene rings is 1. The molecule has 0 bridgehead atoms. The molecule has 1 aromatic carbocycles. The van der Waals surface area contributed by atoms with Gasteiger partial charge in [0.1, 0.15) is 35.9 Å². The number of methoxy groups -OCH3 is 1. The molecule has 9 atom stereocenters. The number of carboxylic acid groups (broad SMARTS) is 2. The van der Waals surface area contributed by atoms with E-state index in [-0.39, 0.29) is 49.7 Å². The molecular formula is C48H72N10O12. The van der Waals surface area contributed by atoms with Gasteiger partial charge in [-0.1, -0.05) is 88.4 Å². The zero-order valence-electron chi connectivity index (χ0n) is 41.3. The minimum atomic E-state index is -1.79. The molecule has 1 aromatic rings. The van der Waals surface area contributed by atoms with Gasteiger partial charge in [-0.05, 0) is 57.4 Å². The number of guanidine groups is 1. The lowest BCUT2D eigenvalue weighted by Crippen LogP contribution is -2.59. The fourth-order valence-corrected chi connectivity index (χ4v) is 7.28. The Bertz CT molecular complexity index is 2120. The number of aliphatic carboxylic acids is 2. The van der Waals surface area contributed by atoms with Crippen LogP contribution in [0.15, 0.2) is 71.4 Å². The lowest BCUT2D eigenvalue weighted by atomic mass is 9.94. The summed E-state index contributed by atoms with van der Waals surface area (Å²) in [4.78, 5) is 125. The van der Waals surface area contributed by atoms with Crippen LogP contribution in [0.25, 0.3) is 0 Å². The Morgan fingerprint density at radius 3 is 2.06 bits per heavy atom. The van der Waals surface area contributed by atoms with Crippen LogP contribution in [0.4, 0.5) is 0 Å². The first kappa shape index (κ1) is 59.0. The summed E-state index contributed by atoms with van der Waals surface area (Å²) in [6.45, 7) is 13.6. The van der Waals surface area contributed by atoms with Gasteiger partial charge in [0.2, 0.25) is 35.4 Å². The van der Waals surface area contributed by atoms with Gasteiger partial charge in [0.25, 0.3) is 5.91 Å². The number of allylic oxidation sites excluding steroid dienone is 2. The van der Waals surface area contributed by atoms with Crippen LogP contribution in [0.1, 0.15) is 85.6 Å². The highest BCUT2D eigenvalue weighted by atomic mass is 16.5. The van der Waals surface area contributed by atoms with Crippen LogP contribution in [0.2, 0.25) is 0 Å². The second kappa shape index (κ2) is 29.0. The van der Waals surface area contributed by atoms with E-state index < -0.39 is 120 Å². The van der Waals surface area contributed by atoms with E-state index in [4.69, 9.17) is 16.2 Å². The number of nitrogens with two attached hydrogens (primary N) is 2. The van der Waals surface area contributed by atoms with Gasteiger partial charge in [-0.2, -0.15) is 0 Å². The number of carbonyl (C=O) groups excluding carboxylic acids is 7. The van der Waals surface area contributed by atoms with Gasteiger partial charge in [-0.15, -0.1) is 0 Å². The van der Waals surface area contributed by atoms with Crippen molar-refractivity contribution in [3.63, 3.8) is 0 Å². The number of aliphatic imine (C=N–C) groups is 1. The fourth-order valence-electron chi connectivity index (χ4n) is 7.28. The summed E-state index contributed by atoms with van der Waals surface area (Å²) in [7, 11) is 2.82. The van der Waals surface area contributed by atoms with Gasteiger partial charge in [0.05, 0.1) is 24.5 Å². The third-order valence-electron chi connectivity index (χ3n) is 11.5. The quantitative estimate of drug-likeness (QED) is 0.0352. The van der Waals surface area contributed by atoms with Gasteiger partial charge >= 0.3 is 11.9 Å². The first-order valence-electron chi connectivity index (χ1n) is 23.1. The Hall–Kier alpha value is -7.10. The van der Waals surface area contributed by atoms with Gasteiger partial charge in [-0.25, -0.2) is 4.79 Å². The van der Waals surface area contributed by atoms with Gasteiger partial charge < -0.3 is 63.2 Å². The number of hydrogen-bond donors (Lipinski definition) is 10. The van der Waals surface area contributed by atoms with E-state index in [1.807, 2.05) is 43.3 Å². The molecule has 386 valence electrons. The Labute approximate surface area is 408 Å². The summed E-state index contributed by atoms with van der Waals surface area (Å²) in [5.41, 5.74) is 12.4. The molecule has 70 heavy (non-hydrogen) atoms. The number of ether oxygens (including phenoxy) is 1. The molecule has 0 aromatic heterocycles. The van der Waals surface area contributed by atoms with Gasteiger partial charge in [-0.3, -0.25) is 43.3 Å².